The van der Waals surface area contributed by atoms with Crippen LogP contribution in [0.25, 0.3) is 0 Å². The summed E-state index contributed by atoms with van der Waals surface area (Å²) in [6.07, 6.45) is 1.48. The average molecular weight is 339 g/mol. The standard InChI is InChI=1S/C21H25NO3/c1-16(23)19-7-4-8-21(13-19)25-15-20(24)14-22-11-9-17-5-2-3-6-18(17)10-12-22/h2-8,13,20,24H,9-12,14-15H2,1H3. The van der Waals surface area contributed by atoms with Gasteiger partial charge in [-0.25, -0.2) is 0 Å². The number of carbonyl (C=O) groups excluding carboxylic acids is 1. The molecule has 1 N–H and O–H groups in total. The number of ether oxygens (including phenoxy) is 1. The SMILES string of the molecule is CC(=O)c1cccc(OCC(O)CN2CCc3ccccc3CC2)c1. The van der Waals surface area contributed by atoms with Crippen LogP contribution in [0.15, 0.2) is 48.5 Å². The van der Waals surface area contributed by atoms with Crippen LogP contribution >= 0.6 is 0 Å². The Morgan fingerprint density at radius 3 is 2.44 bits per heavy atom. The molecule has 2 aromatic rings. The number of Topliss-reactive ketones (excluding diaryl/α,β-unsaturated/α-hetero) is 1. The van der Waals surface area contributed by atoms with E-state index in [4.69, 9.17) is 4.74 Å². The van der Waals surface area contributed by atoms with Crippen LogP contribution in [-0.4, -0.2) is 48.1 Å². The zero-order chi connectivity index (χ0) is 17.6. The van der Waals surface area contributed by atoms with Gasteiger partial charge in [-0.15, -0.1) is 0 Å². The van der Waals surface area contributed by atoms with Gasteiger partial charge in [-0.2, -0.15) is 0 Å². The van der Waals surface area contributed by atoms with E-state index in [1.165, 1.54) is 18.1 Å². The van der Waals surface area contributed by atoms with E-state index >= 15 is 0 Å². The lowest BCUT2D eigenvalue weighted by Crippen LogP contribution is -2.37. The third-order valence-electron chi connectivity index (χ3n) is 4.67. The summed E-state index contributed by atoms with van der Waals surface area (Å²) < 4.78 is 5.66. The van der Waals surface area contributed by atoms with E-state index in [1.54, 1.807) is 18.2 Å². The van der Waals surface area contributed by atoms with Crippen LogP contribution in [0.4, 0.5) is 0 Å². The minimum Gasteiger partial charge on any atom is -0.491 e. The number of fused-ring (bicyclic) bond motifs is 1. The minimum absolute atomic E-state index is 0.00938. The normalized spacial score (nSPS) is 15.9. The van der Waals surface area contributed by atoms with Crippen LogP contribution in [0.5, 0.6) is 5.75 Å². The van der Waals surface area contributed by atoms with Crippen LogP contribution in [0.1, 0.15) is 28.4 Å². The molecule has 0 saturated heterocycles. The second kappa shape index (κ2) is 8.28. The molecule has 0 aliphatic carbocycles. The molecule has 132 valence electrons. The molecule has 4 nitrogen and oxygen atoms in total. The van der Waals surface area contributed by atoms with Crippen LogP contribution < -0.4 is 4.74 Å². The highest BCUT2D eigenvalue weighted by Crippen LogP contribution is 2.17. The number of nitrogens with zero attached hydrogens (tertiary/aromatic N) is 1. The summed E-state index contributed by atoms with van der Waals surface area (Å²) in [5, 5.41) is 10.3. The number of benzene rings is 2. The minimum atomic E-state index is -0.554. The first kappa shape index (κ1) is 17.6. The second-order valence-corrected chi connectivity index (χ2v) is 6.62. The van der Waals surface area contributed by atoms with Crippen molar-refractivity contribution in [1.29, 1.82) is 0 Å². The summed E-state index contributed by atoms with van der Waals surface area (Å²) in [7, 11) is 0. The monoisotopic (exact) mass is 339 g/mol. The second-order valence-electron chi connectivity index (χ2n) is 6.62. The molecule has 0 amide bonds. The first-order chi connectivity index (χ1) is 12.1. The van der Waals surface area contributed by atoms with Gasteiger partial charge in [0.15, 0.2) is 5.78 Å². The molecule has 1 atom stereocenters. The van der Waals surface area contributed by atoms with Gasteiger partial charge in [-0.05, 0) is 43.0 Å². The highest BCUT2D eigenvalue weighted by molar-refractivity contribution is 5.94. The Kier molecular flexibility index (Phi) is 5.84. The van der Waals surface area contributed by atoms with Crippen molar-refractivity contribution in [2.45, 2.75) is 25.9 Å². The number of β-amino-alcohol motifs (C(OH)–C–C–N with tert-alkyl or cyclic N) is 1. The topological polar surface area (TPSA) is 49.8 Å². The smallest absolute Gasteiger partial charge is 0.159 e. The summed E-state index contributed by atoms with van der Waals surface area (Å²) in [4.78, 5) is 13.7. The third-order valence-corrected chi connectivity index (χ3v) is 4.67. The van der Waals surface area contributed by atoms with E-state index < -0.39 is 6.10 Å². The van der Waals surface area contributed by atoms with Gasteiger partial charge in [0, 0.05) is 25.2 Å². The number of hydrogen-bond acceptors (Lipinski definition) is 4. The van der Waals surface area contributed by atoms with Gasteiger partial charge in [-0.1, -0.05) is 36.4 Å². The molecular weight excluding hydrogens is 314 g/mol. The molecule has 1 heterocycles. The van der Waals surface area contributed by atoms with Crippen molar-refractivity contribution >= 4 is 5.78 Å². The molecule has 0 bridgehead atoms. The summed E-state index contributed by atoms with van der Waals surface area (Å²) in [6, 6.07) is 15.7. The Labute approximate surface area is 149 Å². The van der Waals surface area contributed by atoms with Crippen molar-refractivity contribution in [3.8, 4) is 5.75 Å². The Morgan fingerprint density at radius 2 is 1.80 bits per heavy atom. The Balaban J connectivity index is 1.49. The molecule has 4 heteroatoms. The van der Waals surface area contributed by atoms with Gasteiger partial charge in [0.05, 0.1) is 0 Å². The lowest BCUT2D eigenvalue weighted by Gasteiger charge is -2.23. The summed E-state index contributed by atoms with van der Waals surface area (Å²) >= 11 is 0. The number of rotatable bonds is 6. The molecule has 0 spiro atoms. The number of hydrogen-bond donors (Lipinski definition) is 1. The predicted molar refractivity (Wildman–Crippen MR) is 98.2 cm³/mol. The van der Waals surface area contributed by atoms with E-state index in [-0.39, 0.29) is 12.4 Å². The first-order valence-electron chi connectivity index (χ1n) is 8.83. The molecule has 3 rings (SSSR count). The number of aliphatic hydroxyl groups is 1. The molecule has 0 radical (unpaired) electrons. The van der Waals surface area contributed by atoms with Crippen molar-refractivity contribution in [2.75, 3.05) is 26.2 Å². The fourth-order valence-electron chi connectivity index (χ4n) is 3.24. The zero-order valence-electron chi connectivity index (χ0n) is 14.6. The van der Waals surface area contributed by atoms with Gasteiger partial charge < -0.3 is 9.84 Å². The molecule has 1 unspecified atom stereocenters. The fraction of sp³-hybridized carbons (Fsp3) is 0.381. The number of carbonyl (C=O) groups is 1. The predicted octanol–water partition coefficient (Wildman–Crippen LogP) is 2.73. The summed E-state index contributed by atoms with van der Waals surface area (Å²) in [6.45, 7) is 4.26. The average Bonchev–Trinajstić information content (AvgIpc) is 2.83. The fourth-order valence-corrected chi connectivity index (χ4v) is 3.24. The van der Waals surface area contributed by atoms with Gasteiger partial charge in [0.25, 0.3) is 0 Å². The molecule has 0 fully saturated rings. The summed E-state index contributed by atoms with van der Waals surface area (Å²) in [5.74, 6) is 0.630. The maximum Gasteiger partial charge on any atom is 0.159 e. The van der Waals surface area contributed by atoms with Crippen LogP contribution in [-0.2, 0) is 12.8 Å². The Hall–Kier alpha value is -2.17. The third kappa shape index (κ3) is 4.91. The number of aliphatic hydroxyl groups excluding tert-OH is 1. The van der Waals surface area contributed by atoms with Crippen LogP contribution in [0, 0.1) is 0 Å². The van der Waals surface area contributed by atoms with Crippen LogP contribution in [0.3, 0.4) is 0 Å². The maximum absolute atomic E-state index is 11.4. The first-order valence-corrected chi connectivity index (χ1v) is 8.83. The molecule has 2 aromatic carbocycles. The van der Waals surface area contributed by atoms with Gasteiger partial charge in [0.1, 0.15) is 18.5 Å². The molecular formula is C21H25NO3. The van der Waals surface area contributed by atoms with Crippen molar-refractivity contribution in [2.24, 2.45) is 0 Å². The lowest BCUT2D eigenvalue weighted by atomic mass is 10.0. The molecule has 25 heavy (non-hydrogen) atoms. The quantitative estimate of drug-likeness (QED) is 0.822. The molecule has 1 aliphatic rings. The zero-order valence-corrected chi connectivity index (χ0v) is 14.6. The van der Waals surface area contributed by atoms with Gasteiger partial charge in [-0.3, -0.25) is 9.69 Å². The lowest BCUT2D eigenvalue weighted by molar-refractivity contribution is 0.0696. The van der Waals surface area contributed by atoms with Crippen molar-refractivity contribution in [1.82, 2.24) is 4.90 Å². The largest absolute Gasteiger partial charge is 0.491 e. The molecule has 0 saturated carbocycles. The Bertz CT molecular complexity index is 702. The van der Waals surface area contributed by atoms with Gasteiger partial charge in [0.2, 0.25) is 0 Å². The van der Waals surface area contributed by atoms with Crippen molar-refractivity contribution in [3.05, 3.63) is 65.2 Å². The highest BCUT2D eigenvalue weighted by atomic mass is 16.5. The van der Waals surface area contributed by atoms with E-state index in [1.807, 2.05) is 6.07 Å². The maximum atomic E-state index is 11.4. The number of ketones is 1. The van der Waals surface area contributed by atoms with Crippen LogP contribution in [0.2, 0.25) is 0 Å². The Morgan fingerprint density at radius 1 is 1.12 bits per heavy atom. The van der Waals surface area contributed by atoms with E-state index in [0.717, 1.165) is 25.9 Å². The van der Waals surface area contributed by atoms with E-state index in [2.05, 4.69) is 29.2 Å². The summed E-state index contributed by atoms with van der Waals surface area (Å²) in [5.41, 5.74) is 3.45. The van der Waals surface area contributed by atoms with Gasteiger partial charge >= 0.3 is 0 Å². The van der Waals surface area contributed by atoms with E-state index in [9.17, 15) is 9.90 Å². The van der Waals surface area contributed by atoms with Crippen molar-refractivity contribution < 1.29 is 14.6 Å². The highest BCUT2D eigenvalue weighted by Gasteiger charge is 2.17. The molecule has 1 aliphatic heterocycles. The van der Waals surface area contributed by atoms with E-state index in [0.29, 0.717) is 17.9 Å². The molecule has 0 aromatic heterocycles. The van der Waals surface area contributed by atoms with Crippen molar-refractivity contribution in [3.63, 3.8) is 0 Å².